The van der Waals surface area contributed by atoms with Crippen molar-refractivity contribution in [1.29, 1.82) is 0 Å². The molecule has 0 heterocycles. The number of benzene rings is 1. The van der Waals surface area contributed by atoms with E-state index in [0.29, 0.717) is 22.8 Å². The normalized spacial score (nSPS) is 28.3. The lowest BCUT2D eigenvalue weighted by Gasteiger charge is -2.27. The van der Waals surface area contributed by atoms with Crippen LogP contribution in [0.1, 0.15) is 38.5 Å². The SMILES string of the molecule is O=C(Nc1ccc(NC(=O)[C@@H]2[C@@H](C(=O)[O-])[C@H]3C=C[C@@H]2C3)cc1Cl)C1CCCCC1. The second-order valence-electron chi connectivity index (χ2n) is 8.33. The molecule has 0 spiro atoms. The third-order valence-corrected chi connectivity index (χ3v) is 6.82. The van der Waals surface area contributed by atoms with Gasteiger partial charge in [-0.2, -0.15) is 0 Å². The molecule has 0 saturated heterocycles. The number of rotatable bonds is 5. The molecular formula is C22H24ClN2O4-. The number of amides is 2. The van der Waals surface area contributed by atoms with Crippen LogP contribution in [0.25, 0.3) is 0 Å². The Balaban J connectivity index is 1.41. The molecule has 1 aromatic carbocycles. The maximum atomic E-state index is 12.8. The van der Waals surface area contributed by atoms with Gasteiger partial charge in [0.2, 0.25) is 11.8 Å². The van der Waals surface area contributed by atoms with E-state index >= 15 is 0 Å². The number of anilines is 2. The van der Waals surface area contributed by atoms with Crippen molar-refractivity contribution in [2.75, 3.05) is 10.6 Å². The number of allylic oxidation sites excluding steroid dienone is 2. The van der Waals surface area contributed by atoms with E-state index in [1.807, 2.05) is 12.2 Å². The summed E-state index contributed by atoms with van der Waals surface area (Å²) in [6.45, 7) is 0. The van der Waals surface area contributed by atoms with Crippen LogP contribution in [0.15, 0.2) is 30.4 Å². The van der Waals surface area contributed by atoms with Crippen LogP contribution in [0.3, 0.4) is 0 Å². The zero-order chi connectivity index (χ0) is 20.5. The molecule has 1 aromatic rings. The van der Waals surface area contributed by atoms with Gasteiger partial charge in [0.05, 0.1) is 16.6 Å². The fourth-order valence-electron chi connectivity index (χ4n) is 5.02. The molecule has 3 aliphatic carbocycles. The molecule has 154 valence electrons. The van der Waals surface area contributed by atoms with E-state index in [2.05, 4.69) is 10.6 Å². The Labute approximate surface area is 174 Å². The number of carbonyl (C=O) groups excluding carboxylic acids is 3. The van der Waals surface area contributed by atoms with Crippen molar-refractivity contribution in [1.82, 2.24) is 0 Å². The molecule has 29 heavy (non-hydrogen) atoms. The van der Waals surface area contributed by atoms with Crippen LogP contribution in [-0.4, -0.2) is 17.8 Å². The summed E-state index contributed by atoms with van der Waals surface area (Å²) in [6.07, 6.45) is 9.58. The lowest BCUT2D eigenvalue weighted by Crippen LogP contribution is -2.42. The van der Waals surface area contributed by atoms with Gasteiger partial charge in [-0.05, 0) is 49.3 Å². The third-order valence-electron chi connectivity index (χ3n) is 6.50. The highest BCUT2D eigenvalue weighted by atomic mass is 35.5. The van der Waals surface area contributed by atoms with Gasteiger partial charge >= 0.3 is 0 Å². The van der Waals surface area contributed by atoms with Gasteiger partial charge in [-0.3, -0.25) is 9.59 Å². The Morgan fingerprint density at radius 3 is 2.28 bits per heavy atom. The van der Waals surface area contributed by atoms with Crippen LogP contribution >= 0.6 is 11.6 Å². The molecular weight excluding hydrogens is 392 g/mol. The highest BCUT2D eigenvalue weighted by Crippen LogP contribution is 2.48. The second-order valence-corrected chi connectivity index (χ2v) is 8.73. The van der Waals surface area contributed by atoms with Crippen molar-refractivity contribution < 1.29 is 19.5 Å². The van der Waals surface area contributed by atoms with Crippen molar-refractivity contribution in [3.63, 3.8) is 0 Å². The first kappa shape index (κ1) is 20.0. The van der Waals surface area contributed by atoms with Crippen LogP contribution < -0.4 is 15.7 Å². The highest BCUT2D eigenvalue weighted by molar-refractivity contribution is 6.34. The fraction of sp³-hybridized carbons (Fsp3) is 0.500. The number of carbonyl (C=O) groups is 3. The van der Waals surface area contributed by atoms with Crippen molar-refractivity contribution in [3.05, 3.63) is 35.4 Å². The molecule has 7 heteroatoms. The van der Waals surface area contributed by atoms with Crippen LogP contribution in [-0.2, 0) is 14.4 Å². The number of halogens is 1. The smallest absolute Gasteiger partial charge is 0.228 e. The van der Waals surface area contributed by atoms with Crippen molar-refractivity contribution in [2.45, 2.75) is 38.5 Å². The Hall–Kier alpha value is -2.34. The molecule has 6 nitrogen and oxygen atoms in total. The monoisotopic (exact) mass is 415 g/mol. The van der Waals surface area contributed by atoms with E-state index in [4.69, 9.17) is 11.6 Å². The number of nitrogens with one attached hydrogen (secondary N) is 2. The number of aliphatic carboxylic acids is 1. The number of hydrogen-bond donors (Lipinski definition) is 2. The summed E-state index contributed by atoms with van der Waals surface area (Å²) >= 11 is 6.32. The van der Waals surface area contributed by atoms with E-state index in [0.717, 1.165) is 25.7 Å². The number of fused-ring (bicyclic) bond motifs is 2. The Morgan fingerprint density at radius 2 is 1.62 bits per heavy atom. The van der Waals surface area contributed by atoms with Gasteiger partial charge in [0.25, 0.3) is 0 Å². The Kier molecular flexibility index (Phi) is 5.63. The molecule has 3 aliphatic rings. The summed E-state index contributed by atoms with van der Waals surface area (Å²) < 4.78 is 0. The van der Waals surface area contributed by atoms with E-state index in [1.165, 1.54) is 6.42 Å². The van der Waals surface area contributed by atoms with E-state index < -0.39 is 17.8 Å². The summed E-state index contributed by atoms with van der Waals surface area (Å²) in [5, 5.41) is 17.5. The lowest BCUT2D eigenvalue weighted by molar-refractivity contribution is -0.313. The highest BCUT2D eigenvalue weighted by Gasteiger charge is 2.48. The molecule has 2 saturated carbocycles. The van der Waals surface area contributed by atoms with Crippen molar-refractivity contribution in [3.8, 4) is 0 Å². The maximum Gasteiger partial charge on any atom is 0.228 e. The Bertz CT molecular complexity index is 862. The summed E-state index contributed by atoms with van der Waals surface area (Å²) in [6, 6.07) is 4.90. The van der Waals surface area contributed by atoms with Crippen LogP contribution in [0.2, 0.25) is 5.02 Å². The third kappa shape index (κ3) is 4.04. The molecule has 4 atom stereocenters. The minimum Gasteiger partial charge on any atom is -0.550 e. The molecule has 4 rings (SSSR count). The first-order valence-electron chi connectivity index (χ1n) is 10.2. The van der Waals surface area contributed by atoms with E-state index in [-0.39, 0.29) is 29.6 Å². The Morgan fingerprint density at radius 1 is 0.931 bits per heavy atom. The second kappa shape index (κ2) is 8.19. The van der Waals surface area contributed by atoms with Gasteiger partial charge in [0, 0.05) is 23.5 Å². The van der Waals surface area contributed by atoms with Gasteiger partial charge in [-0.1, -0.05) is 43.0 Å². The van der Waals surface area contributed by atoms with Gasteiger partial charge in [-0.25, -0.2) is 0 Å². The molecule has 0 radical (unpaired) electrons. The minimum absolute atomic E-state index is 0.0195. The largest absolute Gasteiger partial charge is 0.550 e. The van der Waals surface area contributed by atoms with Gasteiger partial charge < -0.3 is 20.5 Å². The molecule has 0 aliphatic heterocycles. The zero-order valence-corrected chi connectivity index (χ0v) is 16.8. The van der Waals surface area contributed by atoms with Crippen LogP contribution in [0, 0.1) is 29.6 Å². The predicted molar refractivity (Wildman–Crippen MR) is 108 cm³/mol. The van der Waals surface area contributed by atoms with Gasteiger partial charge in [0.1, 0.15) is 0 Å². The van der Waals surface area contributed by atoms with Crippen LogP contribution in [0.5, 0.6) is 0 Å². The molecule has 2 fully saturated rings. The predicted octanol–water partition coefficient (Wildman–Crippen LogP) is 2.99. The zero-order valence-electron chi connectivity index (χ0n) is 16.0. The van der Waals surface area contributed by atoms with Crippen molar-refractivity contribution in [2.24, 2.45) is 29.6 Å². The van der Waals surface area contributed by atoms with Gasteiger partial charge in [-0.15, -0.1) is 0 Å². The summed E-state index contributed by atoms with van der Waals surface area (Å²) in [4.78, 5) is 36.7. The standard InChI is InChI=1S/C22H25ClN2O4/c23-16-11-15(8-9-17(16)25-20(26)12-4-2-1-3-5-12)24-21(27)18-13-6-7-14(10-13)19(18)22(28)29/h6-9,11-14,18-19H,1-5,10H2,(H,24,27)(H,25,26)(H,28,29)/p-1/t13-,14+,18+,19+/m1/s1. The summed E-state index contributed by atoms with van der Waals surface area (Å²) in [5.74, 6) is -3.17. The average molecular weight is 416 g/mol. The quantitative estimate of drug-likeness (QED) is 0.722. The molecule has 2 N–H and O–H groups in total. The maximum absolute atomic E-state index is 12.8. The first-order valence-corrected chi connectivity index (χ1v) is 10.6. The lowest BCUT2D eigenvalue weighted by atomic mass is 9.82. The molecule has 0 unspecified atom stereocenters. The van der Waals surface area contributed by atoms with E-state index in [1.54, 1.807) is 18.2 Å². The van der Waals surface area contributed by atoms with Crippen molar-refractivity contribution >= 4 is 40.8 Å². The molecule has 2 amide bonds. The summed E-state index contributed by atoms with van der Waals surface area (Å²) in [7, 11) is 0. The van der Waals surface area contributed by atoms with Gasteiger partial charge in [0.15, 0.2) is 0 Å². The number of carboxylic acids is 1. The molecule has 0 aromatic heterocycles. The van der Waals surface area contributed by atoms with Crippen LogP contribution in [0.4, 0.5) is 11.4 Å². The number of carboxylic acid groups (broad SMARTS) is 1. The van der Waals surface area contributed by atoms with E-state index in [9.17, 15) is 19.5 Å². The summed E-state index contributed by atoms with van der Waals surface area (Å²) in [5.41, 5.74) is 0.982. The first-order chi connectivity index (χ1) is 13.9. The fourth-order valence-corrected chi connectivity index (χ4v) is 5.25. The number of hydrogen-bond acceptors (Lipinski definition) is 4. The minimum atomic E-state index is -1.18. The topological polar surface area (TPSA) is 98.3 Å². The molecule has 2 bridgehead atoms. The average Bonchev–Trinajstić information content (AvgIpc) is 3.32.